The zero-order valence-corrected chi connectivity index (χ0v) is 11.8. The number of aliphatic hydroxyl groups is 1. The summed E-state index contributed by atoms with van der Waals surface area (Å²) in [4.78, 5) is 0. The maximum atomic E-state index is 9.73. The second kappa shape index (κ2) is 5.88. The molecule has 0 radical (unpaired) electrons. The molecule has 0 bridgehead atoms. The van der Waals surface area contributed by atoms with E-state index >= 15 is 0 Å². The number of rotatable bonds is 5. The number of para-hydroxylation sites is 1. The van der Waals surface area contributed by atoms with Gasteiger partial charge in [-0.15, -0.1) is 5.10 Å². The fourth-order valence-electron chi connectivity index (χ4n) is 2.09. The van der Waals surface area contributed by atoms with E-state index in [4.69, 9.17) is 0 Å². The third kappa shape index (κ3) is 3.00. The van der Waals surface area contributed by atoms with Gasteiger partial charge in [0.15, 0.2) is 0 Å². The smallest absolute Gasteiger partial charge is 0.111 e. The first kappa shape index (κ1) is 13.5. The molecule has 0 saturated carbocycles. The molecule has 108 valence electrons. The standard InChI is InChI=1S/C15H17N5O/c1-2-15(21)14-11-19(18-16-14)10-12-8-9-20(17-12)13-6-4-3-5-7-13/h3-9,11,15,21H,2,10H2,1H3. The van der Waals surface area contributed by atoms with E-state index in [1.807, 2.05) is 54.2 Å². The maximum Gasteiger partial charge on any atom is 0.111 e. The third-order valence-corrected chi connectivity index (χ3v) is 3.27. The molecule has 3 rings (SSSR count). The highest BCUT2D eigenvalue weighted by molar-refractivity contribution is 5.30. The van der Waals surface area contributed by atoms with Crippen molar-refractivity contribution in [2.75, 3.05) is 0 Å². The summed E-state index contributed by atoms with van der Waals surface area (Å²) in [5, 5.41) is 22.2. The van der Waals surface area contributed by atoms with Gasteiger partial charge < -0.3 is 5.11 Å². The van der Waals surface area contributed by atoms with Crippen LogP contribution in [0.15, 0.2) is 48.8 Å². The van der Waals surface area contributed by atoms with Gasteiger partial charge in [-0.1, -0.05) is 30.3 Å². The quantitative estimate of drug-likeness (QED) is 0.777. The van der Waals surface area contributed by atoms with Crippen LogP contribution >= 0.6 is 0 Å². The minimum absolute atomic E-state index is 0.531. The SMILES string of the molecule is CCC(O)c1cn(Cc2ccn(-c3ccccc3)n2)nn1. The minimum Gasteiger partial charge on any atom is -0.387 e. The molecule has 0 amide bonds. The topological polar surface area (TPSA) is 68.8 Å². The lowest BCUT2D eigenvalue weighted by Crippen LogP contribution is -2.03. The average molecular weight is 283 g/mol. The van der Waals surface area contributed by atoms with Gasteiger partial charge >= 0.3 is 0 Å². The van der Waals surface area contributed by atoms with Crippen LogP contribution < -0.4 is 0 Å². The Morgan fingerprint density at radius 1 is 1.19 bits per heavy atom. The summed E-state index contributed by atoms with van der Waals surface area (Å²) in [6.45, 7) is 2.44. The Balaban J connectivity index is 1.74. The predicted molar refractivity (Wildman–Crippen MR) is 77.9 cm³/mol. The van der Waals surface area contributed by atoms with Crippen molar-refractivity contribution >= 4 is 0 Å². The van der Waals surface area contributed by atoms with Gasteiger partial charge in [-0.05, 0) is 24.6 Å². The van der Waals surface area contributed by atoms with E-state index < -0.39 is 6.10 Å². The van der Waals surface area contributed by atoms with Gasteiger partial charge in [0, 0.05) is 6.20 Å². The van der Waals surface area contributed by atoms with Crippen molar-refractivity contribution in [2.45, 2.75) is 26.0 Å². The molecular formula is C15H17N5O. The van der Waals surface area contributed by atoms with Crippen LogP contribution in [0.4, 0.5) is 0 Å². The first-order chi connectivity index (χ1) is 10.3. The van der Waals surface area contributed by atoms with Gasteiger partial charge in [-0.25, -0.2) is 9.36 Å². The maximum absolute atomic E-state index is 9.73. The molecule has 2 aromatic heterocycles. The first-order valence-corrected chi connectivity index (χ1v) is 6.94. The van der Waals surface area contributed by atoms with Gasteiger partial charge in [-0.2, -0.15) is 5.10 Å². The third-order valence-electron chi connectivity index (χ3n) is 3.27. The Morgan fingerprint density at radius 2 is 2.00 bits per heavy atom. The monoisotopic (exact) mass is 283 g/mol. The lowest BCUT2D eigenvalue weighted by Gasteiger charge is -2.01. The molecule has 3 aromatic rings. The second-order valence-electron chi connectivity index (χ2n) is 4.85. The largest absolute Gasteiger partial charge is 0.387 e. The molecule has 21 heavy (non-hydrogen) atoms. The van der Waals surface area contributed by atoms with Crippen molar-refractivity contribution in [1.82, 2.24) is 24.8 Å². The second-order valence-corrected chi connectivity index (χ2v) is 4.85. The highest BCUT2D eigenvalue weighted by Gasteiger charge is 2.10. The summed E-state index contributed by atoms with van der Waals surface area (Å²) >= 11 is 0. The summed E-state index contributed by atoms with van der Waals surface area (Å²) in [6.07, 6.45) is 3.75. The van der Waals surface area contributed by atoms with Gasteiger partial charge in [0.2, 0.25) is 0 Å². The summed E-state index contributed by atoms with van der Waals surface area (Å²) in [7, 11) is 0. The fraction of sp³-hybridized carbons (Fsp3) is 0.267. The summed E-state index contributed by atoms with van der Waals surface area (Å²) in [6, 6.07) is 11.9. The van der Waals surface area contributed by atoms with Crippen molar-refractivity contribution in [3.8, 4) is 5.69 Å². The molecule has 0 fully saturated rings. The van der Waals surface area contributed by atoms with Crippen molar-refractivity contribution in [1.29, 1.82) is 0 Å². The number of aliphatic hydroxyl groups excluding tert-OH is 1. The molecule has 1 atom stereocenters. The average Bonchev–Trinajstić information content (AvgIpc) is 3.17. The highest BCUT2D eigenvalue weighted by Crippen LogP contribution is 2.13. The van der Waals surface area contributed by atoms with Crippen LogP contribution in [0.5, 0.6) is 0 Å². The van der Waals surface area contributed by atoms with Crippen LogP contribution in [-0.4, -0.2) is 29.9 Å². The van der Waals surface area contributed by atoms with Crippen LogP contribution in [0.2, 0.25) is 0 Å². The molecule has 6 heteroatoms. The Morgan fingerprint density at radius 3 is 2.76 bits per heavy atom. The molecule has 0 spiro atoms. The van der Waals surface area contributed by atoms with E-state index in [1.165, 1.54) is 0 Å². The number of hydrogen-bond donors (Lipinski definition) is 1. The molecule has 0 saturated heterocycles. The molecule has 6 nitrogen and oxygen atoms in total. The Bertz CT molecular complexity index is 704. The zero-order valence-electron chi connectivity index (χ0n) is 11.8. The van der Waals surface area contributed by atoms with E-state index in [0.29, 0.717) is 18.7 Å². The lowest BCUT2D eigenvalue weighted by atomic mass is 10.2. The Hall–Kier alpha value is -2.47. The molecule has 1 N–H and O–H groups in total. The van der Waals surface area contributed by atoms with Crippen molar-refractivity contribution < 1.29 is 5.11 Å². The molecule has 0 aliphatic rings. The van der Waals surface area contributed by atoms with E-state index in [1.54, 1.807) is 10.9 Å². The molecule has 0 aliphatic heterocycles. The van der Waals surface area contributed by atoms with Crippen LogP contribution in [0.25, 0.3) is 5.69 Å². The van der Waals surface area contributed by atoms with Gasteiger partial charge in [0.05, 0.1) is 30.2 Å². The number of hydrogen-bond acceptors (Lipinski definition) is 4. The predicted octanol–water partition coefficient (Wildman–Crippen LogP) is 1.96. The minimum atomic E-state index is -0.555. The van der Waals surface area contributed by atoms with E-state index in [-0.39, 0.29) is 0 Å². The summed E-state index contributed by atoms with van der Waals surface area (Å²) in [5.74, 6) is 0. The molecule has 0 aliphatic carbocycles. The van der Waals surface area contributed by atoms with Gasteiger partial charge in [-0.3, -0.25) is 0 Å². The van der Waals surface area contributed by atoms with Crippen LogP contribution in [0.1, 0.15) is 30.8 Å². The first-order valence-electron chi connectivity index (χ1n) is 6.94. The molecule has 1 unspecified atom stereocenters. The van der Waals surface area contributed by atoms with Gasteiger partial charge in [0.25, 0.3) is 0 Å². The number of aromatic nitrogens is 5. The summed E-state index contributed by atoms with van der Waals surface area (Å²) in [5.41, 5.74) is 2.51. The molecular weight excluding hydrogens is 266 g/mol. The van der Waals surface area contributed by atoms with E-state index in [9.17, 15) is 5.11 Å². The Kier molecular flexibility index (Phi) is 3.79. The van der Waals surface area contributed by atoms with Crippen molar-refractivity contribution in [3.05, 3.63) is 60.2 Å². The zero-order chi connectivity index (χ0) is 14.7. The lowest BCUT2D eigenvalue weighted by molar-refractivity contribution is 0.168. The highest BCUT2D eigenvalue weighted by atomic mass is 16.3. The molecule has 2 heterocycles. The number of benzene rings is 1. The fourth-order valence-corrected chi connectivity index (χ4v) is 2.09. The normalized spacial score (nSPS) is 12.5. The van der Waals surface area contributed by atoms with E-state index in [0.717, 1.165) is 11.4 Å². The van der Waals surface area contributed by atoms with Crippen LogP contribution in [0.3, 0.4) is 0 Å². The van der Waals surface area contributed by atoms with Crippen molar-refractivity contribution in [2.24, 2.45) is 0 Å². The Labute approximate surface area is 122 Å². The van der Waals surface area contributed by atoms with Crippen LogP contribution in [0, 0.1) is 0 Å². The van der Waals surface area contributed by atoms with Crippen molar-refractivity contribution in [3.63, 3.8) is 0 Å². The molecule has 1 aromatic carbocycles. The summed E-state index contributed by atoms with van der Waals surface area (Å²) < 4.78 is 3.51. The number of nitrogens with zero attached hydrogens (tertiary/aromatic N) is 5. The van der Waals surface area contributed by atoms with Crippen LogP contribution in [-0.2, 0) is 6.54 Å². The van der Waals surface area contributed by atoms with E-state index in [2.05, 4.69) is 15.4 Å². The van der Waals surface area contributed by atoms with Gasteiger partial charge in [0.1, 0.15) is 5.69 Å².